The van der Waals surface area contributed by atoms with Crippen molar-refractivity contribution in [1.82, 2.24) is 5.32 Å². The van der Waals surface area contributed by atoms with Gasteiger partial charge in [-0.05, 0) is 50.9 Å². The molecule has 0 unspecified atom stereocenters. The minimum atomic E-state index is -0.104. The first-order valence-corrected chi connectivity index (χ1v) is 7.28. The molecule has 0 radical (unpaired) electrons. The van der Waals surface area contributed by atoms with Crippen molar-refractivity contribution in [3.05, 3.63) is 29.8 Å². The first kappa shape index (κ1) is 16.5. The van der Waals surface area contributed by atoms with Crippen molar-refractivity contribution in [2.75, 3.05) is 20.3 Å². The van der Waals surface area contributed by atoms with Gasteiger partial charge in [0.15, 0.2) is 0 Å². The molecule has 0 amide bonds. The van der Waals surface area contributed by atoms with E-state index in [4.69, 9.17) is 9.47 Å². The number of hydrogen-bond acceptors (Lipinski definition) is 4. The largest absolute Gasteiger partial charge is 0.494 e. The van der Waals surface area contributed by atoms with E-state index in [0.717, 1.165) is 31.6 Å². The summed E-state index contributed by atoms with van der Waals surface area (Å²) in [7, 11) is 1.93. The summed E-state index contributed by atoms with van der Waals surface area (Å²) in [4.78, 5) is 11.1. The molecule has 0 aliphatic heterocycles. The Morgan fingerprint density at radius 1 is 1.25 bits per heavy atom. The Labute approximate surface area is 121 Å². The van der Waals surface area contributed by atoms with Crippen LogP contribution in [0.25, 0.3) is 0 Å². The molecule has 0 bridgehead atoms. The summed E-state index contributed by atoms with van der Waals surface area (Å²) in [5, 5.41) is 3.12. The fourth-order valence-corrected chi connectivity index (χ4v) is 1.92. The fourth-order valence-electron chi connectivity index (χ4n) is 1.92. The molecule has 20 heavy (non-hydrogen) atoms. The van der Waals surface area contributed by atoms with Crippen LogP contribution in [0.1, 0.15) is 38.2 Å². The quantitative estimate of drug-likeness (QED) is 0.528. The van der Waals surface area contributed by atoms with E-state index in [0.29, 0.717) is 19.6 Å². The number of hydrogen-bond donors (Lipinski definition) is 1. The predicted molar refractivity (Wildman–Crippen MR) is 79.8 cm³/mol. The Morgan fingerprint density at radius 2 is 2.10 bits per heavy atom. The second-order valence-corrected chi connectivity index (χ2v) is 4.64. The number of carbonyl (C=O) groups is 1. The molecular formula is C16H25NO3. The number of rotatable bonds is 10. The van der Waals surface area contributed by atoms with Gasteiger partial charge in [-0.25, -0.2) is 0 Å². The maximum atomic E-state index is 11.1. The Hall–Kier alpha value is -1.55. The van der Waals surface area contributed by atoms with Gasteiger partial charge in [-0.3, -0.25) is 4.79 Å². The molecule has 0 atom stereocenters. The lowest BCUT2D eigenvalue weighted by atomic mass is 10.2. The van der Waals surface area contributed by atoms with E-state index in [1.54, 1.807) is 0 Å². The Morgan fingerprint density at radius 3 is 2.85 bits per heavy atom. The Kier molecular flexibility index (Phi) is 8.47. The second-order valence-electron chi connectivity index (χ2n) is 4.64. The van der Waals surface area contributed by atoms with Crippen molar-refractivity contribution in [1.29, 1.82) is 0 Å². The van der Waals surface area contributed by atoms with Gasteiger partial charge in [0.1, 0.15) is 5.75 Å². The zero-order chi connectivity index (χ0) is 14.6. The molecule has 0 aliphatic carbocycles. The van der Waals surface area contributed by atoms with Gasteiger partial charge in [-0.2, -0.15) is 0 Å². The van der Waals surface area contributed by atoms with Crippen molar-refractivity contribution < 1.29 is 14.3 Å². The van der Waals surface area contributed by atoms with Crippen LogP contribution < -0.4 is 10.1 Å². The Bertz CT molecular complexity index is 393. The molecule has 0 spiro atoms. The molecule has 0 saturated heterocycles. The highest BCUT2D eigenvalue weighted by Crippen LogP contribution is 2.14. The molecule has 4 nitrogen and oxygen atoms in total. The van der Waals surface area contributed by atoms with Gasteiger partial charge in [-0.15, -0.1) is 0 Å². The summed E-state index contributed by atoms with van der Waals surface area (Å²) in [6.07, 6.45) is 3.30. The van der Waals surface area contributed by atoms with Crippen LogP contribution in [0.5, 0.6) is 5.75 Å². The number of unbranched alkanes of at least 4 members (excludes halogenated alkanes) is 2. The fraction of sp³-hybridized carbons (Fsp3) is 0.562. The molecule has 0 aliphatic rings. The molecular weight excluding hydrogens is 254 g/mol. The van der Waals surface area contributed by atoms with Crippen LogP contribution in [0.3, 0.4) is 0 Å². The van der Waals surface area contributed by atoms with Crippen molar-refractivity contribution >= 4 is 5.97 Å². The molecule has 0 aromatic heterocycles. The highest BCUT2D eigenvalue weighted by molar-refractivity contribution is 5.69. The van der Waals surface area contributed by atoms with Crippen molar-refractivity contribution in [3.8, 4) is 5.75 Å². The second kappa shape index (κ2) is 10.3. The number of ether oxygens (including phenoxy) is 2. The maximum absolute atomic E-state index is 11.1. The predicted octanol–water partition coefficient (Wildman–Crippen LogP) is 2.91. The highest BCUT2D eigenvalue weighted by atomic mass is 16.5. The van der Waals surface area contributed by atoms with Crippen LogP contribution in [0.15, 0.2) is 24.3 Å². The molecule has 1 aromatic rings. The van der Waals surface area contributed by atoms with Crippen LogP contribution >= 0.6 is 0 Å². The normalized spacial score (nSPS) is 10.3. The van der Waals surface area contributed by atoms with Gasteiger partial charge in [0.2, 0.25) is 0 Å². The molecule has 1 aromatic carbocycles. The van der Waals surface area contributed by atoms with Gasteiger partial charge in [0.25, 0.3) is 0 Å². The summed E-state index contributed by atoms with van der Waals surface area (Å²) in [6.45, 7) is 3.82. The molecule has 0 saturated carbocycles. The average Bonchev–Trinajstić information content (AvgIpc) is 2.44. The molecule has 1 N–H and O–H groups in total. The number of nitrogens with one attached hydrogen (secondary N) is 1. The number of carbonyl (C=O) groups excluding carboxylic acids is 1. The SMILES string of the molecule is CCOC(=O)CCCCCOc1cccc(CNC)c1. The topological polar surface area (TPSA) is 47.6 Å². The zero-order valence-electron chi connectivity index (χ0n) is 12.5. The van der Waals surface area contributed by atoms with E-state index in [9.17, 15) is 4.79 Å². The first-order chi connectivity index (χ1) is 9.76. The summed E-state index contributed by atoms with van der Waals surface area (Å²) >= 11 is 0. The van der Waals surface area contributed by atoms with E-state index in [1.165, 1.54) is 5.56 Å². The zero-order valence-corrected chi connectivity index (χ0v) is 12.5. The molecule has 1 rings (SSSR count). The average molecular weight is 279 g/mol. The van der Waals surface area contributed by atoms with Crippen LogP contribution in [0.4, 0.5) is 0 Å². The van der Waals surface area contributed by atoms with Crippen molar-refractivity contribution in [2.45, 2.75) is 39.2 Å². The summed E-state index contributed by atoms with van der Waals surface area (Å²) in [5.74, 6) is 0.802. The third kappa shape index (κ3) is 7.14. The van der Waals surface area contributed by atoms with Crippen molar-refractivity contribution in [2.24, 2.45) is 0 Å². The van der Waals surface area contributed by atoms with E-state index in [-0.39, 0.29) is 5.97 Å². The minimum absolute atomic E-state index is 0.104. The van der Waals surface area contributed by atoms with Crippen LogP contribution in [0, 0.1) is 0 Å². The van der Waals surface area contributed by atoms with Gasteiger partial charge in [0.05, 0.1) is 13.2 Å². The van der Waals surface area contributed by atoms with Gasteiger partial charge < -0.3 is 14.8 Å². The minimum Gasteiger partial charge on any atom is -0.494 e. The Balaban J connectivity index is 2.12. The third-order valence-electron chi connectivity index (χ3n) is 2.88. The van der Waals surface area contributed by atoms with E-state index in [2.05, 4.69) is 17.4 Å². The molecule has 0 heterocycles. The number of esters is 1. The summed E-state index contributed by atoms with van der Waals surface area (Å²) in [5.41, 5.74) is 1.22. The van der Waals surface area contributed by atoms with Gasteiger partial charge >= 0.3 is 5.97 Å². The van der Waals surface area contributed by atoms with E-state index < -0.39 is 0 Å². The van der Waals surface area contributed by atoms with Crippen LogP contribution in [-0.4, -0.2) is 26.2 Å². The summed E-state index contributed by atoms with van der Waals surface area (Å²) in [6, 6.07) is 8.10. The van der Waals surface area contributed by atoms with Gasteiger partial charge in [-0.1, -0.05) is 12.1 Å². The third-order valence-corrected chi connectivity index (χ3v) is 2.88. The lowest BCUT2D eigenvalue weighted by Gasteiger charge is -2.08. The van der Waals surface area contributed by atoms with Crippen LogP contribution in [0.2, 0.25) is 0 Å². The number of benzene rings is 1. The standard InChI is InChI=1S/C16H25NO3/c1-3-19-16(18)10-5-4-6-11-20-15-9-7-8-14(12-15)13-17-2/h7-9,12,17H,3-6,10-11,13H2,1-2H3. The highest BCUT2D eigenvalue weighted by Gasteiger charge is 2.01. The first-order valence-electron chi connectivity index (χ1n) is 7.28. The lowest BCUT2D eigenvalue weighted by molar-refractivity contribution is -0.143. The van der Waals surface area contributed by atoms with E-state index in [1.807, 2.05) is 26.1 Å². The van der Waals surface area contributed by atoms with Crippen molar-refractivity contribution in [3.63, 3.8) is 0 Å². The monoisotopic (exact) mass is 279 g/mol. The molecule has 112 valence electrons. The molecule has 0 fully saturated rings. The summed E-state index contributed by atoms with van der Waals surface area (Å²) < 4.78 is 10.6. The van der Waals surface area contributed by atoms with Gasteiger partial charge in [0, 0.05) is 13.0 Å². The molecule has 4 heteroatoms. The van der Waals surface area contributed by atoms with Crippen LogP contribution in [-0.2, 0) is 16.1 Å². The lowest BCUT2D eigenvalue weighted by Crippen LogP contribution is -2.05. The maximum Gasteiger partial charge on any atom is 0.305 e. The smallest absolute Gasteiger partial charge is 0.305 e. The van der Waals surface area contributed by atoms with E-state index >= 15 is 0 Å².